The molecule has 0 heterocycles. The predicted molar refractivity (Wildman–Crippen MR) is 114 cm³/mol. The molecule has 0 amide bonds. The molecule has 0 radical (unpaired) electrons. The second kappa shape index (κ2) is 44.9. The molecule has 0 aromatic carbocycles. The van der Waals surface area contributed by atoms with E-state index in [9.17, 15) is 15.3 Å². The van der Waals surface area contributed by atoms with Crippen molar-refractivity contribution >= 4 is 27.3 Å². The Morgan fingerprint density at radius 2 is 0.423 bits per heavy atom. The van der Waals surface area contributed by atoms with E-state index >= 15 is 0 Å². The summed E-state index contributed by atoms with van der Waals surface area (Å²) >= 11 is 0. The van der Waals surface area contributed by atoms with Gasteiger partial charge in [0.15, 0.2) is 0 Å². The SMILES string of the molecule is CC(C)O.CC(C)O.CC(C)O.CC(C)[O-].CC(C)[O-].CC(C)[O-].P.[Al+3]. The first-order chi connectivity index (χ1) is 10.4. The molecule has 1 atom stereocenters. The summed E-state index contributed by atoms with van der Waals surface area (Å²) in [5.41, 5.74) is 0. The fourth-order valence-corrected chi connectivity index (χ4v) is 0. The van der Waals surface area contributed by atoms with E-state index in [1.807, 2.05) is 0 Å². The molecule has 0 aromatic rings. The normalized spacial score (nSPS) is 8.31. The van der Waals surface area contributed by atoms with Crippen LogP contribution < -0.4 is 15.3 Å². The van der Waals surface area contributed by atoms with Crippen LogP contribution in [0.25, 0.3) is 0 Å². The molecule has 0 aromatic heterocycles. The molecule has 0 aliphatic carbocycles. The van der Waals surface area contributed by atoms with Crippen LogP contribution >= 0.6 is 9.90 Å². The van der Waals surface area contributed by atoms with Crippen molar-refractivity contribution in [3.8, 4) is 0 Å². The Bertz CT molecular complexity index is 107. The monoisotopic (exact) mass is 418 g/mol. The van der Waals surface area contributed by atoms with E-state index in [1.54, 1.807) is 83.1 Å². The third-order valence-corrected chi connectivity index (χ3v) is 0. The van der Waals surface area contributed by atoms with E-state index in [0.717, 1.165) is 0 Å². The minimum atomic E-state index is -0.417. The number of rotatable bonds is 0. The minimum absolute atomic E-state index is 0. The van der Waals surface area contributed by atoms with Crippen molar-refractivity contribution in [3.05, 3.63) is 0 Å². The van der Waals surface area contributed by atoms with Gasteiger partial charge in [0.2, 0.25) is 0 Å². The molecular formula is C18H48AlO6P. The molecule has 0 saturated heterocycles. The third kappa shape index (κ3) is 26700. The summed E-state index contributed by atoms with van der Waals surface area (Å²) in [6.07, 6.45) is -1.75. The third-order valence-electron chi connectivity index (χ3n) is 0. The molecule has 0 bridgehead atoms. The number of hydrogen-bond acceptors (Lipinski definition) is 6. The molecule has 3 N–H and O–H groups in total. The van der Waals surface area contributed by atoms with Gasteiger partial charge < -0.3 is 30.6 Å². The topological polar surface area (TPSA) is 130 Å². The molecule has 0 spiro atoms. The standard InChI is InChI=1S/3C3H8O.3C3H7O.Al.H3P/c6*1-3(2)4;;/h3*3-4H,1-2H3;3*3H,1-2H3;;1H3/q;;;3*-1;+3;. The quantitative estimate of drug-likeness (QED) is 0.378. The summed E-state index contributed by atoms with van der Waals surface area (Å²) in [7, 11) is 0. The molecule has 1 unspecified atom stereocenters. The van der Waals surface area contributed by atoms with Crippen LogP contribution in [-0.2, 0) is 0 Å². The molecule has 164 valence electrons. The summed E-state index contributed by atoms with van der Waals surface area (Å²) in [6, 6.07) is 0. The van der Waals surface area contributed by atoms with Gasteiger partial charge in [-0.25, -0.2) is 0 Å². The molecule has 0 rings (SSSR count). The Morgan fingerprint density at radius 3 is 0.423 bits per heavy atom. The van der Waals surface area contributed by atoms with Crippen LogP contribution in [0.4, 0.5) is 0 Å². The van der Waals surface area contributed by atoms with E-state index in [4.69, 9.17) is 15.3 Å². The first kappa shape index (κ1) is 50.4. The molecule has 0 aliphatic heterocycles. The number of aliphatic hydroxyl groups is 3. The largest absolute Gasteiger partial charge is 3.00 e. The molecular weight excluding hydrogens is 370 g/mol. The Labute approximate surface area is 177 Å². The van der Waals surface area contributed by atoms with Gasteiger partial charge in [0.05, 0.1) is 0 Å². The van der Waals surface area contributed by atoms with Crippen LogP contribution in [-0.4, -0.2) is 69.3 Å². The molecule has 8 heteroatoms. The summed E-state index contributed by atoms with van der Waals surface area (Å²) in [5.74, 6) is 0. The molecule has 0 aliphatic rings. The average molecular weight is 419 g/mol. The number of aliphatic hydroxyl groups excluding tert-OH is 3. The fourth-order valence-electron chi connectivity index (χ4n) is 0. The first-order valence-corrected chi connectivity index (χ1v) is 8.41. The average Bonchev–Trinajstić information content (AvgIpc) is 2.08. The van der Waals surface area contributed by atoms with E-state index in [1.165, 1.54) is 0 Å². The second-order valence-electron chi connectivity index (χ2n) is 6.43. The predicted octanol–water partition coefficient (Wildman–Crippen LogP) is 0.104. The van der Waals surface area contributed by atoms with Crippen LogP contribution in [0, 0.1) is 0 Å². The summed E-state index contributed by atoms with van der Waals surface area (Å²) < 4.78 is 0. The van der Waals surface area contributed by atoms with Gasteiger partial charge in [-0.2, -0.15) is 9.90 Å². The minimum Gasteiger partial charge on any atom is -0.852 e. The van der Waals surface area contributed by atoms with E-state index in [-0.39, 0.29) is 45.6 Å². The summed E-state index contributed by atoms with van der Waals surface area (Å²) in [4.78, 5) is 0. The van der Waals surface area contributed by atoms with Gasteiger partial charge in [0.1, 0.15) is 0 Å². The van der Waals surface area contributed by atoms with Crippen LogP contribution in [0.15, 0.2) is 0 Å². The first-order valence-electron chi connectivity index (χ1n) is 8.41. The van der Waals surface area contributed by atoms with Crippen molar-refractivity contribution in [1.29, 1.82) is 0 Å². The molecule has 6 nitrogen and oxygen atoms in total. The summed E-state index contributed by atoms with van der Waals surface area (Å²) in [5, 5.41) is 52.8. The maximum absolute atomic E-state index is 9.53. The van der Waals surface area contributed by atoms with Crippen molar-refractivity contribution in [3.63, 3.8) is 0 Å². The van der Waals surface area contributed by atoms with Crippen LogP contribution in [0.5, 0.6) is 0 Å². The Kier molecular flexibility index (Phi) is 87.0. The zero-order valence-electron chi connectivity index (χ0n) is 19.3. The Morgan fingerprint density at radius 1 is 0.423 bits per heavy atom. The van der Waals surface area contributed by atoms with Crippen molar-refractivity contribution in [1.82, 2.24) is 0 Å². The van der Waals surface area contributed by atoms with Crippen molar-refractivity contribution in [2.24, 2.45) is 0 Å². The molecule has 0 fully saturated rings. The van der Waals surface area contributed by atoms with Gasteiger partial charge in [0, 0.05) is 18.3 Å². The van der Waals surface area contributed by atoms with Gasteiger partial charge in [-0.15, -0.1) is 18.3 Å². The zero-order valence-corrected chi connectivity index (χ0v) is 21.9. The molecule has 26 heavy (non-hydrogen) atoms. The fraction of sp³-hybridized carbons (Fsp3) is 1.00. The second-order valence-corrected chi connectivity index (χ2v) is 6.43. The summed E-state index contributed by atoms with van der Waals surface area (Å²) in [6.45, 7) is 20.0. The maximum Gasteiger partial charge on any atom is 3.00 e. The van der Waals surface area contributed by atoms with Gasteiger partial charge in [-0.1, -0.05) is 41.5 Å². The van der Waals surface area contributed by atoms with Gasteiger partial charge in [0.25, 0.3) is 0 Å². The van der Waals surface area contributed by atoms with Gasteiger partial charge in [-0.3, -0.25) is 0 Å². The van der Waals surface area contributed by atoms with Crippen molar-refractivity contribution < 1.29 is 30.6 Å². The van der Waals surface area contributed by atoms with Crippen molar-refractivity contribution in [2.45, 2.75) is 120 Å². The van der Waals surface area contributed by atoms with Gasteiger partial charge in [-0.05, 0) is 41.5 Å². The Hall–Kier alpha value is 0.722. The maximum atomic E-state index is 9.53. The van der Waals surface area contributed by atoms with E-state index in [0.29, 0.717) is 0 Å². The van der Waals surface area contributed by atoms with Crippen LogP contribution in [0.1, 0.15) is 83.1 Å². The number of hydrogen-bond donors (Lipinski definition) is 3. The molecule has 0 saturated carbocycles. The van der Waals surface area contributed by atoms with E-state index < -0.39 is 18.3 Å². The Balaban J connectivity index is -0.0000000245. The van der Waals surface area contributed by atoms with Crippen LogP contribution in [0.3, 0.4) is 0 Å². The van der Waals surface area contributed by atoms with E-state index in [2.05, 4.69) is 0 Å². The van der Waals surface area contributed by atoms with Crippen molar-refractivity contribution in [2.75, 3.05) is 0 Å². The zero-order chi connectivity index (χ0) is 21.5. The van der Waals surface area contributed by atoms with Gasteiger partial charge >= 0.3 is 17.4 Å². The van der Waals surface area contributed by atoms with Crippen LogP contribution in [0.2, 0.25) is 0 Å². The smallest absolute Gasteiger partial charge is 0.852 e.